The highest BCUT2D eigenvalue weighted by atomic mass is 16.5. The fourth-order valence-electron chi connectivity index (χ4n) is 3.40. The normalized spacial score (nSPS) is 17.5. The number of nitrogens with one attached hydrogen (secondary N) is 1. The molecule has 2 aromatic heterocycles. The van der Waals surface area contributed by atoms with Crippen molar-refractivity contribution in [2.24, 2.45) is 0 Å². The summed E-state index contributed by atoms with van der Waals surface area (Å²) >= 11 is 0. The minimum atomic E-state index is -0.136. The lowest BCUT2D eigenvalue weighted by atomic mass is 9.98. The number of rotatable bonds is 6. The van der Waals surface area contributed by atoms with Crippen molar-refractivity contribution in [3.63, 3.8) is 0 Å². The number of likely N-dealkylation sites (tertiary alicyclic amines) is 1. The van der Waals surface area contributed by atoms with Gasteiger partial charge in [-0.25, -0.2) is 9.50 Å². The predicted octanol–water partition coefficient (Wildman–Crippen LogP) is 1.19. The van der Waals surface area contributed by atoms with E-state index in [9.17, 15) is 9.59 Å². The average Bonchev–Trinajstić information content (AvgIpc) is 3.04. The zero-order chi connectivity index (χ0) is 18.5. The molecule has 1 fully saturated rings. The van der Waals surface area contributed by atoms with Crippen molar-refractivity contribution in [3.05, 3.63) is 29.7 Å². The Morgan fingerprint density at radius 2 is 2.19 bits per heavy atom. The number of amides is 2. The van der Waals surface area contributed by atoms with Crippen LogP contribution in [0.25, 0.3) is 5.65 Å². The highest BCUT2D eigenvalue weighted by Gasteiger charge is 2.29. The predicted molar refractivity (Wildman–Crippen MR) is 95.9 cm³/mol. The summed E-state index contributed by atoms with van der Waals surface area (Å²) in [6.07, 6.45) is 8.95. The number of carbonyl (C=O) groups excluding carboxylic acids is 2. The molecule has 2 aromatic rings. The number of carbonyl (C=O) groups is 2. The number of hydrogen-bond acceptors (Lipinski definition) is 5. The fourth-order valence-corrected chi connectivity index (χ4v) is 3.40. The van der Waals surface area contributed by atoms with Crippen LogP contribution in [0, 0.1) is 6.92 Å². The first-order chi connectivity index (χ1) is 12.6. The van der Waals surface area contributed by atoms with Gasteiger partial charge in [0.2, 0.25) is 5.91 Å². The van der Waals surface area contributed by atoms with Crippen LogP contribution in [-0.2, 0) is 9.53 Å². The summed E-state index contributed by atoms with van der Waals surface area (Å²) in [5, 5.41) is 7.09. The second kappa shape index (κ2) is 8.27. The van der Waals surface area contributed by atoms with Gasteiger partial charge in [0.15, 0.2) is 5.65 Å². The monoisotopic (exact) mass is 359 g/mol. The molecular formula is C18H25N5O3. The maximum Gasteiger partial charge on any atom is 0.259 e. The molecule has 0 radical (unpaired) electrons. The number of aryl methyl sites for hydroxylation is 1. The van der Waals surface area contributed by atoms with Gasteiger partial charge in [-0.3, -0.25) is 9.59 Å². The lowest BCUT2D eigenvalue weighted by molar-refractivity contribution is -0.124. The fraction of sp³-hybridized carbons (Fsp3) is 0.556. The number of nitrogens with zero attached hydrogens (tertiary/aromatic N) is 4. The van der Waals surface area contributed by atoms with Crippen LogP contribution < -0.4 is 5.32 Å². The Morgan fingerprint density at radius 3 is 3.00 bits per heavy atom. The van der Waals surface area contributed by atoms with Crippen molar-refractivity contribution >= 4 is 17.5 Å². The van der Waals surface area contributed by atoms with E-state index in [-0.39, 0.29) is 24.5 Å². The Kier molecular flexibility index (Phi) is 5.82. The average molecular weight is 359 g/mol. The zero-order valence-corrected chi connectivity index (χ0v) is 15.3. The first-order valence-electron chi connectivity index (χ1n) is 8.96. The Hall–Kier alpha value is -2.48. The van der Waals surface area contributed by atoms with Crippen LogP contribution in [0.3, 0.4) is 0 Å². The van der Waals surface area contributed by atoms with Crippen molar-refractivity contribution in [2.75, 3.05) is 26.8 Å². The zero-order valence-electron chi connectivity index (χ0n) is 15.3. The standard InChI is InChI=1S/C18H25N5O3/c1-13-9-20-17-15(10-21-23(17)11-13)18(25)22-8-4-3-5-14(22)6-7-19-16(24)12-26-2/h9-11,14H,3-8,12H2,1-2H3,(H,19,24)/t14-/m0/s1. The molecule has 0 aliphatic carbocycles. The molecule has 0 saturated carbocycles. The number of fused-ring (bicyclic) bond motifs is 1. The Labute approximate surface area is 152 Å². The van der Waals surface area contributed by atoms with Gasteiger partial charge < -0.3 is 15.0 Å². The van der Waals surface area contributed by atoms with Gasteiger partial charge in [-0.15, -0.1) is 0 Å². The quantitative estimate of drug-likeness (QED) is 0.837. The van der Waals surface area contributed by atoms with Crippen LogP contribution in [0.5, 0.6) is 0 Å². The SMILES string of the molecule is COCC(=O)NCC[C@@H]1CCCCN1C(=O)c1cnn2cc(C)cnc12. The van der Waals surface area contributed by atoms with Crippen LogP contribution in [0.15, 0.2) is 18.6 Å². The summed E-state index contributed by atoms with van der Waals surface area (Å²) in [5.74, 6) is -0.173. The van der Waals surface area contributed by atoms with Gasteiger partial charge in [-0.2, -0.15) is 5.10 Å². The summed E-state index contributed by atoms with van der Waals surface area (Å²) in [5.41, 5.74) is 2.10. The number of hydrogen-bond donors (Lipinski definition) is 1. The summed E-state index contributed by atoms with van der Waals surface area (Å²) < 4.78 is 6.46. The summed E-state index contributed by atoms with van der Waals surface area (Å²) in [6, 6.07) is 0.111. The molecule has 8 heteroatoms. The molecule has 26 heavy (non-hydrogen) atoms. The molecule has 8 nitrogen and oxygen atoms in total. The molecular weight excluding hydrogens is 334 g/mol. The molecule has 2 amide bonds. The van der Waals surface area contributed by atoms with Crippen molar-refractivity contribution in [3.8, 4) is 0 Å². The van der Waals surface area contributed by atoms with Crippen LogP contribution in [0.1, 0.15) is 41.6 Å². The van der Waals surface area contributed by atoms with Gasteiger partial charge in [0, 0.05) is 38.6 Å². The molecule has 140 valence electrons. The van der Waals surface area contributed by atoms with E-state index in [1.807, 2.05) is 18.0 Å². The molecule has 3 rings (SSSR count). The van der Waals surface area contributed by atoms with Crippen LogP contribution in [0.2, 0.25) is 0 Å². The molecule has 0 bridgehead atoms. The largest absolute Gasteiger partial charge is 0.375 e. The van der Waals surface area contributed by atoms with Crippen LogP contribution in [-0.4, -0.2) is 64.2 Å². The Balaban J connectivity index is 1.70. The van der Waals surface area contributed by atoms with E-state index in [1.165, 1.54) is 7.11 Å². The lowest BCUT2D eigenvalue weighted by Gasteiger charge is -2.35. The van der Waals surface area contributed by atoms with Gasteiger partial charge in [-0.05, 0) is 38.2 Å². The highest BCUT2D eigenvalue weighted by Crippen LogP contribution is 2.23. The molecule has 1 aliphatic heterocycles. The minimum absolute atomic E-state index is 0.0377. The van der Waals surface area contributed by atoms with Crippen molar-refractivity contribution in [1.29, 1.82) is 0 Å². The molecule has 0 spiro atoms. The van der Waals surface area contributed by atoms with Gasteiger partial charge in [0.05, 0.1) is 6.20 Å². The third kappa shape index (κ3) is 4.01. The van der Waals surface area contributed by atoms with E-state index in [4.69, 9.17) is 4.74 Å². The van der Waals surface area contributed by atoms with E-state index in [0.717, 1.165) is 37.8 Å². The Morgan fingerprint density at radius 1 is 1.35 bits per heavy atom. The van der Waals surface area contributed by atoms with Crippen LogP contribution >= 0.6 is 0 Å². The smallest absolute Gasteiger partial charge is 0.259 e. The minimum Gasteiger partial charge on any atom is -0.375 e. The van der Waals surface area contributed by atoms with Crippen molar-refractivity contribution in [1.82, 2.24) is 24.8 Å². The summed E-state index contributed by atoms with van der Waals surface area (Å²) in [6.45, 7) is 3.25. The van der Waals surface area contributed by atoms with Crippen LogP contribution in [0.4, 0.5) is 0 Å². The van der Waals surface area contributed by atoms with Gasteiger partial charge in [-0.1, -0.05) is 0 Å². The number of ether oxygens (including phenoxy) is 1. The van der Waals surface area contributed by atoms with Crippen molar-refractivity contribution in [2.45, 2.75) is 38.6 Å². The molecule has 0 unspecified atom stereocenters. The molecule has 0 aromatic carbocycles. The topological polar surface area (TPSA) is 88.8 Å². The highest BCUT2D eigenvalue weighted by molar-refractivity contribution is 5.99. The third-order valence-corrected chi connectivity index (χ3v) is 4.68. The third-order valence-electron chi connectivity index (χ3n) is 4.68. The first kappa shape index (κ1) is 18.3. The first-order valence-corrected chi connectivity index (χ1v) is 8.96. The summed E-state index contributed by atoms with van der Waals surface area (Å²) in [4.78, 5) is 30.9. The molecule has 1 N–H and O–H groups in total. The lowest BCUT2D eigenvalue weighted by Crippen LogP contribution is -2.45. The molecule has 1 saturated heterocycles. The maximum atomic E-state index is 13.1. The molecule has 1 atom stereocenters. The number of aromatic nitrogens is 3. The van der Waals surface area contributed by atoms with E-state index in [1.54, 1.807) is 16.9 Å². The van der Waals surface area contributed by atoms with Gasteiger partial charge in [0.1, 0.15) is 12.2 Å². The van der Waals surface area contributed by atoms with Gasteiger partial charge in [0.25, 0.3) is 5.91 Å². The maximum absolute atomic E-state index is 13.1. The van der Waals surface area contributed by atoms with E-state index in [2.05, 4.69) is 15.4 Å². The second-order valence-electron chi connectivity index (χ2n) is 6.68. The van der Waals surface area contributed by atoms with E-state index < -0.39 is 0 Å². The summed E-state index contributed by atoms with van der Waals surface area (Å²) in [7, 11) is 1.49. The number of methoxy groups -OCH3 is 1. The second-order valence-corrected chi connectivity index (χ2v) is 6.68. The number of piperidine rings is 1. The van der Waals surface area contributed by atoms with Gasteiger partial charge >= 0.3 is 0 Å². The molecule has 1 aliphatic rings. The molecule has 3 heterocycles. The van der Waals surface area contributed by atoms with Crippen molar-refractivity contribution < 1.29 is 14.3 Å². The van der Waals surface area contributed by atoms with E-state index in [0.29, 0.717) is 17.8 Å². The Bertz CT molecular complexity index is 788. The van der Waals surface area contributed by atoms with E-state index >= 15 is 0 Å².